The number of para-hydroxylation sites is 1. The Balaban J connectivity index is 1.87. The zero-order chi connectivity index (χ0) is 13.1. The fraction of sp³-hybridized carbons (Fsp3) is 0.429. The maximum Gasteiger partial charge on any atom is 0.148 e. The predicted octanol–water partition coefficient (Wildman–Crippen LogP) is 2.28. The Bertz CT molecular complexity index is 519. The quantitative estimate of drug-likeness (QED) is 0.920. The summed E-state index contributed by atoms with van der Waals surface area (Å²) in [4.78, 5) is 0. The molecule has 0 bridgehead atoms. The molecule has 3 rings (SSSR count). The largest absolute Gasteiger partial charge is 0.316 e. The van der Waals surface area contributed by atoms with Crippen LogP contribution in [0.4, 0.5) is 4.39 Å². The predicted molar refractivity (Wildman–Crippen MR) is 70.8 cm³/mol. The van der Waals surface area contributed by atoms with Crippen molar-refractivity contribution in [1.82, 2.24) is 20.3 Å². The Kier molecular flexibility index (Phi) is 3.55. The summed E-state index contributed by atoms with van der Waals surface area (Å²) < 4.78 is 16.3. The lowest BCUT2D eigenvalue weighted by molar-refractivity contribution is 0.187. The van der Waals surface area contributed by atoms with Crippen molar-refractivity contribution in [2.24, 2.45) is 5.92 Å². The second kappa shape index (κ2) is 5.48. The van der Waals surface area contributed by atoms with Gasteiger partial charge in [-0.15, -0.1) is 5.10 Å². The molecule has 0 saturated carbocycles. The smallest absolute Gasteiger partial charge is 0.148 e. The van der Waals surface area contributed by atoms with Crippen LogP contribution in [0.15, 0.2) is 36.5 Å². The van der Waals surface area contributed by atoms with Gasteiger partial charge in [-0.05, 0) is 31.5 Å². The molecule has 19 heavy (non-hydrogen) atoms. The molecule has 1 aromatic carbocycles. The summed E-state index contributed by atoms with van der Waals surface area (Å²) in [6.07, 6.45) is 2.45. The van der Waals surface area contributed by atoms with Gasteiger partial charge in [0.2, 0.25) is 0 Å². The summed E-state index contributed by atoms with van der Waals surface area (Å²) in [5.74, 6) is 0.00899. The van der Waals surface area contributed by atoms with E-state index in [1.807, 2.05) is 30.3 Å². The van der Waals surface area contributed by atoms with Crippen LogP contribution >= 0.6 is 0 Å². The highest BCUT2D eigenvalue weighted by molar-refractivity contribution is 5.32. The van der Waals surface area contributed by atoms with Crippen LogP contribution < -0.4 is 5.32 Å². The van der Waals surface area contributed by atoms with E-state index in [1.165, 1.54) is 6.20 Å². The second-order valence-electron chi connectivity index (χ2n) is 4.91. The van der Waals surface area contributed by atoms with Crippen molar-refractivity contribution >= 4 is 0 Å². The molecule has 2 aromatic rings. The van der Waals surface area contributed by atoms with E-state index in [0.29, 0.717) is 5.69 Å². The van der Waals surface area contributed by atoms with Crippen molar-refractivity contribution in [3.8, 4) is 5.69 Å². The van der Waals surface area contributed by atoms with Gasteiger partial charge in [0.25, 0.3) is 0 Å². The lowest BCUT2D eigenvalue weighted by atomic mass is 9.93. The molecular weight excluding hydrogens is 243 g/mol. The maximum atomic E-state index is 14.7. The van der Waals surface area contributed by atoms with Gasteiger partial charge >= 0.3 is 0 Å². The van der Waals surface area contributed by atoms with Gasteiger partial charge in [0.15, 0.2) is 0 Å². The monoisotopic (exact) mass is 260 g/mol. The Morgan fingerprint density at radius 3 is 2.89 bits per heavy atom. The van der Waals surface area contributed by atoms with Crippen LogP contribution in [0.5, 0.6) is 0 Å². The maximum absolute atomic E-state index is 14.7. The fourth-order valence-corrected chi connectivity index (χ4v) is 2.57. The Morgan fingerprint density at radius 1 is 1.32 bits per heavy atom. The van der Waals surface area contributed by atoms with Crippen molar-refractivity contribution < 1.29 is 4.39 Å². The summed E-state index contributed by atoms with van der Waals surface area (Å²) in [6, 6.07) is 9.57. The number of halogens is 1. The van der Waals surface area contributed by atoms with Gasteiger partial charge in [-0.3, -0.25) is 0 Å². The van der Waals surface area contributed by atoms with Gasteiger partial charge in [0.1, 0.15) is 6.17 Å². The first kappa shape index (κ1) is 12.3. The van der Waals surface area contributed by atoms with E-state index in [9.17, 15) is 4.39 Å². The van der Waals surface area contributed by atoms with E-state index in [2.05, 4.69) is 15.6 Å². The van der Waals surface area contributed by atoms with Gasteiger partial charge in [-0.2, -0.15) is 0 Å². The van der Waals surface area contributed by atoms with E-state index >= 15 is 0 Å². The van der Waals surface area contributed by atoms with Crippen molar-refractivity contribution in [2.45, 2.75) is 19.0 Å². The van der Waals surface area contributed by atoms with Gasteiger partial charge in [0.05, 0.1) is 17.6 Å². The van der Waals surface area contributed by atoms with Gasteiger partial charge in [0, 0.05) is 12.5 Å². The fourth-order valence-electron chi connectivity index (χ4n) is 2.57. The standard InChI is InChI=1S/C14H17FN4/c15-14(11-5-4-8-16-9-11)13-10-17-18-19(13)12-6-2-1-3-7-12/h1-3,6-7,10-11,14,16H,4-5,8-9H2. The minimum atomic E-state index is -1.02. The van der Waals surface area contributed by atoms with E-state index < -0.39 is 6.17 Å². The normalized spacial score (nSPS) is 21.2. The zero-order valence-corrected chi connectivity index (χ0v) is 10.7. The molecule has 0 radical (unpaired) electrons. The van der Waals surface area contributed by atoms with Crippen LogP contribution in [0.2, 0.25) is 0 Å². The van der Waals surface area contributed by atoms with Gasteiger partial charge in [-0.25, -0.2) is 9.07 Å². The number of nitrogens with zero attached hydrogens (tertiary/aromatic N) is 3. The molecule has 4 nitrogen and oxygen atoms in total. The van der Waals surface area contributed by atoms with E-state index in [-0.39, 0.29) is 5.92 Å². The first-order valence-corrected chi connectivity index (χ1v) is 6.67. The number of nitrogens with one attached hydrogen (secondary N) is 1. The highest BCUT2D eigenvalue weighted by Crippen LogP contribution is 2.31. The highest BCUT2D eigenvalue weighted by atomic mass is 19.1. The third-order valence-corrected chi connectivity index (χ3v) is 3.61. The van der Waals surface area contributed by atoms with Crippen LogP contribution in [0.25, 0.3) is 5.69 Å². The minimum Gasteiger partial charge on any atom is -0.316 e. The number of benzene rings is 1. The summed E-state index contributed by atoms with van der Waals surface area (Å²) in [5, 5.41) is 11.1. The molecule has 1 aliphatic heterocycles. The molecule has 0 spiro atoms. The molecule has 0 amide bonds. The van der Waals surface area contributed by atoms with Gasteiger partial charge in [-0.1, -0.05) is 23.4 Å². The second-order valence-corrected chi connectivity index (χ2v) is 4.91. The first-order valence-electron chi connectivity index (χ1n) is 6.67. The molecule has 100 valence electrons. The molecule has 1 N–H and O–H groups in total. The lowest BCUT2D eigenvalue weighted by Crippen LogP contribution is -2.32. The minimum absolute atomic E-state index is 0.00899. The summed E-state index contributed by atoms with van der Waals surface area (Å²) >= 11 is 0. The molecule has 0 aliphatic carbocycles. The summed E-state index contributed by atoms with van der Waals surface area (Å²) in [5.41, 5.74) is 1.39. The number of hydrogen-bond donors (Lipinski definition) is 1. The average Bonchev–Trinajstić information content (AvgIpc) is 2.98. The van der Waals surface area contributed by atoms with Crippen LogP contribution in [0.3, 0.4) is 0 Å². The number of aromatic nitrogens is 3. The SMILES string of the molecule is FC(c1cnnn1-c1ccccc1)C1CCCNC1. The molecule has 5 heteroatoms. The number of piperidine rings is 1. The van der Waals surface area contributed by atoms with Crippen molar-refractivity contribution in [2.75, 3.05) is 13.1 Å². The molecule has 1 saturated heterocycles. The van der Waals surface area contributed by atoms with Crippen molar-refractivity contribution in [3.05, 3.63) is 42.2 Å². The average molecular weight is 260 g/mol. The highest BCUT2D eigenvalue weighted by Gasteiger charge is 2.28. The Morgan fingerprint density at radius 2 is 2.16 bits per heavy atom. The molecule has 2 heterocycles. The third-order valence-electron chi connectivity index (χ3n) is 3.61. The Hall–Kier alpha value is -1.75. The van der Waals surface area contributed by atoms with E-state index in [1.54, 1.807) is 4.68 Å². The van der Waals surface area contributed by atoms with Crippen LogP contribution in [0.1, 0.15) is 24.7 Å². The van der Waals surface area contributed by atoms with Crippen molar-refractivity contribution in [1.29, 1.82) is 0 Å². The Labute approximate surface area is 111 Å². The van der Waals surface area contributed by atoms with E-state index in [0.717, 1.165) is 31.6 Å². The van der Waals surface area contributed by atoms with Crippen molar-refractivity contribution in [3.63, 3.8) is 0 Å². The number of hydrogen-bond acceptors (Lipinski definition) is 3. The van der Waals surface area contributed by atoms with Gasteiger partial charge < -0.3 is 5.32 Å². The molecule has 1 fully saturated rings. The van der Waals surface area contributed by atoms with Crippen LogP contribution in [0, 0.1) is 5.92 Å². The zero-order valence-electron chi connectivity index (χ0n) is 10.7. The molecule has 1 aromatic heterocycles. The molecular formula is C14H17FN4. The third kappa shape index (κ3) is 2.51. The molecule has 2 atom stereocenters. The van der Waals surface area contributed by atoms with E-state index in [4.69, 9.17) is 0 Å². The van der Waals surface area contributed by atoms with Crippen LogP contribution in [-0.4, -0.2) is 28.1 Å². The summed E-state index contributed by atoms with van der Waals surface area (Å²) in [6.45, 7) is 1.71. The van der Waals surface area contributed by atoms with Crippen LogP contribution in [-0.2, 0) is 0 Å². The molecule has 1 aliphatic rings. The number of rotatable bonds is 3. The lowest BCUT2D eigenvalue weighted by Gasteiger charge is -2.25. The topological polar surface area (TPSA) is 42.7 Å². The number of alkyl halides is 1. The summed E-state index contributed by atoms with van der Waals surface area (Å²) in [7, 11) is 0. The molecule has 2 unspecified atom stereocenters. The first-order chi connectivity index (χ1) is 9.36.